The second-order valence-corrected chi connectivity index (χ2v) is 7.83. The number of primary amides is 1. The molecule has 3 unspecified atom stereocenters. The zero-order valence-electron chi connectivity index (χ0n) is 18.5. The van der Waals surface area contributed by atoms with Crippen molar-refractivity contribution in [3.05, 3.63) is 29.8 Å². The molecule has 1 aromatic carbocycles. The highest BCUT2D eigenvalue weighted by molar-refractivity contribution is 5.94. The van der Waals surface area contributed by atoms with Crippen LogP contribution in [0, 0.1) is 5.92 Å². The Balaban J connectivity index is 2.99. The van der Waals surface area contributed by atoms with Gasteiger partial charge in [-0.25, -0.2) is 4.79 Å². The lowest BCUT2D eigenvalue weighted by Gasteiger charge is -2.26. The predicted molar refractivity (Wildman–Crippen MR) is 118 cm³/mol. The lowest BCUT2D eigenvalue weighted by atomic mass is 10.0. The Labute approximate surface area is 191 Å². The molecule has 0 heterocycles. The van der Waals surface area contributed by atoms with E-state index in [2.05, 4.69) is 16.0 Å². The highest BCUT2D eigenvalue weighted by atomic mass is 16.4. The fourth-order valence-corrected chi connectivity index (χ4v) is 2.92. The average Bonchev–Trinajstić information content (AvgIpc) is 2.74. The van der Waals surface area contributed by atoms with E-state index in [-0.39, 0.29) is 37.5 Å². The standard InChI is InChI=1S/C21H31N5O7/c1-11(2)18(26-17(29)10-22)20(31)24-14(7-8-16(23)28)19(30)25-15(21(32)33)9-12-3-5-13(27)6-4-12/h3-6,11,14-15,18,27H,7-10,22H2,1-2H3,(H2,23,28)(H,24,31)(H,25,30)(H,26,29)(H,32,33). The number of nitrogens with one attached hydrogen (secondary N) is 3. The smallest absolute Gasteiger partial charge is 0.326 e. The number of amides is 4. The predicted octanol–water partition coefficient (Wildman–Crippen LogP) is -1.65. The number of hydrogen-bond acceptors (Lipinski definition) is 7. The molecule has 0 spiro atoms. The van der Waals surface area contributed by atoms with Crippen LogP contribution in [0.15, 0.2) is 24.3 Å². The Kier molecular flexibility index (Phi) is 10.8. The fourth-order valence-electron chi connectivity index (χ4n) is 2.92. The molecule has 12 heteroatoms. The summed E-state index contributed by atoms with van der Waals surface area (Å²) in [6.45, 7) is 3.02. The van der Waals surface area contributed by atoms with Crippen LogP contribution in [0.25, 0.3) is 0 Å². The molecule has 0 saturated carbocycles. The minimum Gasteiger partial charge on any atom is -0.508 e. The molecule has 3 atom stereocenters. The van der Waals surface area contributed by atoms with E-state index in [1.807, 2.05) is 0 Å². The van der Waals surface area contributed by atoms with Crippen LogP contribution in [0.5, 0.6) is 5.75 Å². The van der Waals surface area contributed by atoms with Gasteiger partial charge in [0.25, 0.3) is 0 Å². The number of nitrogens with two attached hydrogens (primary N) is 2. The summed E-state index contributed by atoms with van der Waals surface area (Å²) in [6.07, 6.45) is -0.497. The molecule has 0 aliphatic heterocycles. The summed E-state index contributed by atoms with van der Waals surface area (Å²) >= 11 is 0. The normalized spacial score (nSPS) is 13.5. The minimum absolute atomic E-state index is 0.00493. The van der Waals surface area contributed by atoms with E-state index in [1.54, 1.807) is 13.8 Å². The molecule has 9 N–H and O–H groups in total. The number of benzene rings is 1. The Morgan fingerprint density at radius 1 is 0.939 bits per heavy atom. The quantitative estimate of drug-likeness (QED) is 0.179. The van der Waals surface area contributed by atoms with Gasteiger partial charge >= 0.3 is 5.97 Å². The van der Waals surface area contributed by atoms with E-state index in [4.69, 9.17) is 11.5 Å². The van der Waals surface area contributed by atoms with Gasteiger partial charge in [-0.15, -0.1) is 0 Å². The van der Waals surface area contributed by atoms with Gasteiger partial charge in [0.1, 0.15) is 23.9 Å². The van der Waals surface area contributed by atoms with Gasteiger partial charge < -0.3 is 37.6 Å². The van der Waals surface area contributed by atoms with Crippen LogP contribution < -0.4 is 27.4 Å². The first-order valence-corrected chi connectivity index (χ1v) is 10.3. The Morgan fingerprint density at radius 3 is 2.00 bits per heavy atom. The molecule has 0 saturated heterocycles. The minimum atomic E-state index is -1.34. The summed E-state index contributed by atoms with van der Waals surface area (Å²) in [5, 5.41) is 26.2. The van der Waals surface area contributed by atoms with Crippen molar-refractivity contribution in [2.45, 2.75) is 51.2 Å². The molecule has 0 aliphatic carbocycles. The first-order valence-electron chi connectivity index (χ1n) is 10.3. The lowest BCUT2D eigenvalue weighted by Crippen LogP contribution is -2.57. The molecule has 12 nitrogen and oxygen atoms in total. The Morgan fingerprint density at radius 2 is 1.52 bits per heavy atom. The summed E-state index contributed by atoms with van der Waals surface area (Å²) < 4.78 is 0. The molecule has 4 amide bonds. The van der Waals surface area contributed by atoms with E-state index >= 15 is 0 Å². The number of aliphatic carboxylic acids is 1. The van der Waals surface area contributed by atoms with Crippen LogP contribution >= 0.6 is 0 Å². The molecule has 0 aliphatic rings. The van der Waals surface area contributed by atoms with Crippen LogP contribution in [0.3, 0.4) is 0 Å². The lowest BCUT2D eigenvalue weighted by molar-refractivity contribution is -0.142. The molecule has 33 heavy (non-hydrogen) atoms. The number of carboxylic acids is 1. The summed E-state index contributed by atoms with van der Waals surface area (Å²) in [6, 6.07) is 2.17. The Hall–Kier alpha value is -3.67. The van der Waals surface area contributed by atoms with Gasteiger partial charge in [0.15, 0.2) is 0 Å². The topological polar surface area (TPSA) is 214 Å². The second-order valence-electron chi connectivity index (χ2n) is 7.83. The van der Waals surface area contributed by atoms with Crippen LogP contribution in [-0.2, 0) is 30.4 Å². The molecule has 0 bridgehead atoms. The van der Waals surface area contributed by atoms with Crippen LogP contribution in [0.2, 0.25) is 0 Å². The van der Waals surface area contributed by atoms with Crippen molar-refractivity contribution in [3.63, 3.8) is 0 Å². The molecule has 182 valence electrons. The molecular formula is C21H31N5O7. The van der Waals surface area contributed by atoms with E-state index in [9.17, 15) is 34.2 Å². The van der Waals surface area contributed by atoms with E-state index in [1.165, 1.54) is 24.3 Å². The fraction of sp³-hybridized carbons (Fsp3) is 0.476. The third-order valence-electron chi connectivity index (χ3n) is 4.75. The molecule has 0 fully saturated rings. The maximum absolute atomic E-state index is 12.8. The highest BCUT2D eigenvalue weighted by Gasteiger charge is 2.31. The van der Waals surface area contributed by atoms with Crippen LogP contribution in [0.1, 0.15) is 32.3 Å². The first-order chi connectivity index (χ1) is 15.4. The van der Waals surface area contributed by atoms with Crippen molar-refractivity contribution in [2.75, 3.05) is 6.54 Å². The molecular weight excluding hydrogens is 434 g/mol. The first kappa shape index (κ1) is 27.4. The van der Waals surface area contributed by atoms with Crippen molar-refractivity contribution >= 4 is 29.6 Å². The zero-order valence-corrected chi connectivity index (χ0v) is 18.5. The summed E-state index contributed by atoms with van der Waals surface area (Å²) in [5.41, 5.74) is 11.0. The maximum Gasteiger partial charge on any atom is 0.326 e. The third-order valence-corrected chi connectivity index (χ3v) is 4.75. The monoisotopic (exact) mass is 465 g/mol. The largest absolute Gasteiger partial charge is 0.508 e. The average molecular weight is 466 g/mol. The van der Waals surface area contributed by atoms with Crippen molar-refractivity contribution in [3.8, 4) is 5.75 Å². The number of rotatable bonds is 13. The molecule has 0 aromatic heterocycles. The van der Waals surface area contributed by atoms with Gasteiger partial charge in [-0.2, -0.15) is 0 Å². The SMILES string of the molecule is CC(C)C(NC(=O)CN)C(=O)NC(CCC(N)=O)C(=O)NC(Cc1ccc(O)cc1)C(=O)O. The molecule has 0 radical (unpaired) electrons. The molecule has 1 rings (SSSR count). The summed E-state index contributed by atoms with van der Waals surface area (Å²) in [7, 11) is 0. The third kappa shape index (κ3) is 9.56. The van der Waals surface area contributed by atoms with E-state index < -0.39 is 47.7 Å². The maximum atomic E-state index is 12.8. The number of aromatic hydroxyl groups is 1. The second kappa shape index (κ2) is 13.0. The zero-order chi connectivity index (χ0) is 25.1. The summed E-state index contributed by atoms with van der Waals surface area (Å²) in [5.74, 6) is -4.46. The van der Waals surface area contributed by atoms with Gasteiger partial charge in [0.2, 0.25) is 23.6 Å². The van der Waals surface area contributed by atoms with Gasteiger partial charge in [-0.3, -0.25) is 19.2 Å². The number of carboxylic acid groups (broad SMARTS) is 1. The summed E-state index contributed by atoms with van der Waals surface area (Å²) in [4.78, 5) is 60.1. The van der Waals surface area contributed by atoms with E-state index in [0.29, 0.717) is 5.56 Å². The number of phenols is 1. The van der Waals surface area contributed by atoms with Crippen molar-refractivity contribution in [2.24, 2.45) is 17.4 Å². The molecule has 1 aromatic rings. The van der Waals surface area contributed by atoms with Crippen molar-refractivity contribution in [1.29, 1.82) is 0 Å². The highest BCUT2D eigenvalue weighted by Crippen LogP contribution is 2.12. The van der Waals surface area contributed by atoms with Crippen molar-refractivity contribution in [1.82, 2.24) is 16.0 Å². The number of carbonyl (C=O) groups is 5. The van der Waals surface area contributed by atoms with Crippen LogP contribution in [-0.4, -0.2) is 64.5 Å². The van der Waals surface area contributed by atoms with Crippen LogP contribution in [0.4, 0.5) is 0 Å². The van der Waals surface area contributed by atoms with Gasteiger partial charge in [-0.1, -0.05) is 26.0 Å². The van der Waals surface area contributed by atoms with Gasteiger partial charge in [0, 0.05) is 12.8 Å². The van der Waals surface area contributed by atoms with Gasteiger partial charge in [0.05, 0.1) is 6.54 Å². The number of carbonyl (C=O) groups excluding carboxylic acids is 4. The van der Waals surface area contributed by atoms with Crippen molar-refractivity contribution < 1.29 is 34.2 Å². The van der Waals surface area contributed by atoms with E-state index in [0.717, 1.165) is 0 Å². The van der Waals surface area contributed by atoms with Gasteiger partial charge in [-0.05, 0) is 30.0 Å². The number of hydrogen-bond donors (Lipinski definition) is 7. The number of phenolic OH excluding ortho intramolecular Hbond substituents is 1. The Bertz CT molecular complexity index is 857.